The molecule has 1 aromatic heterocycles. The number of nitrogen functional groups attached to an aromatic ring is 1. The molecule has 0 spiro atoms. The van der Waals surface area contributed by atoms with Crippen LogP contribution in [0.4, 0.5) is 11.5 Å². The van der Waals surface area contributed by atoms with Crippen LogP contribution in [0.3, 0.4) is 0 Å². The van der Waals surface area contributed by atoms with Crippen LogP contribution in [-0.2, 0) is 0 Å². The molecule has 0 bridgehead atoms. The first-order valence-electron chi connectivity index (χ1n) is 7.24. The number of rotatable bonds is 3. The monoisotopic (exact) mass is 279 g/mol. The molecule has 0 aliphatic carbocycles. The van der Waals surface area contributed by atoms with Crippen LogP contribution in [-0.4, -0.2) is 34.9 Å². The Balaban J connectivity index is 2.25. The molecule has 1 aliphatic heterocycles. The zero-order chi connectivity index (χ0) is 14.8. The van der Waals surface area contributed by atoms with E-state index in [1.165, 1.54) is 0 Å². The molecule has 1 unspecified atom stereocenters. The standard InChI is InChI=1S/C15H25N3O2/c1-15(2,3)20-14-12(16)7-8-13(17-14)18-9-5-4-6-11(18)10-19/h7-8,11,19H,4-6,9-10,16H2,1-3H3. The average molecular weight is 279 g/mol. The van der Waals surface area contributed by atoms with Crippen molar-refractivity contribution in [2.24, 2.45) is 0 Å². The lowest BCUT2D eigenvalue weighted by Crippen LogP contribution is -2.42. The van der Waals surface area contributed by atoms with Gasteiger partial charge in [0.25, 0.3) is 0 Å². The maximum atomic E-state index is 9.51. The summed E-state index contributed by atoms with van der Waals surface area (Å²) < 4.78 is 5.81. The van der Waals surface area contributed by atoms with Gasteiger partial charge in [-0.25, -0.2) is 0 Å². The number of piperidine rings is 1. The number of anilines is 2. The molecule has 0 aromatic carbocycles. The zero-order valence-corrected chi connectivity index (χ0v) is 12.6. The summed E-state index contributed by atoms with van der Waals surface area (Å²) in [7, 11) is 0. The summed E-state index contributed by atoms with van der Waals surface area (Å²) in [4.78, 5) is 6.70. The van der Waals surface area contributed by atoms with Gasteiger partial charge in [-0.3, -0.25) is 0 Å². The first kappa shape index (κ1) is 14.9. The second kappa shape index (κ2) is 5.87. The second-order valence-corrected chi connectivity index (χ2v) is 6.30. The van der Waals surface area contributed by atoms with E-state index in [1.807, 2.05) is 32.9 Å². The largest absolute Gasteiger partial charge is 0.470 e. The number of nitrogens with two attached hydrogens (primary N) is 1. The van der Waals surface area contributed by atoms with Crippen LogP contribution in [0.25, 0.3) is 0 Å². The number of pyridine rings is 1. The normalized spacial score (nSPS) is 20.0. The average Bonchev–Trinajstić information content (AvgIpc) is 2.40. The molecule has 0 saturated carbocycles. The maximum absolute atomic E-state index is 9.51. The van der Waals surface area contributed by atoms with Crippen LogP contribution in [0.15, 0.2) is 12.1 Å². The summed E-state index contributed by atoms with van der Waals surface area (Å²) in [6.07, 6.45) is 3.28. The minimum atomic E-state index is -0.335. The molecular formula is C15H25N3O2. The van der Waals surface area contributed by atoms with Crippen molar-refractivity contribution in [1.82, 2.24) is 4.98 Å². The van der Waals surface area contributed by atoms with Gasteiger partial charge in [0.2, 0.25) is 5.88 Å². The van der Waals surface area contributed by atoms with E-state index in [4.69, 9.17) is 10.5 Å². The highest BCUT2D eigenvalue weighted by Gasteiger charge is 2.24. The van der Waals surface area contributed by atoms with E-state index in [0.717, 1.165) is 31.6 Å². The van der Waals surface area contributed by atoms with Gasteiger partial charge in [-0.15, -0.1) is 0 Å². The van der Waals surface area contributed by atoms with E-state index in [1.54, 1.807) is 0 Å². The second-order valence-electron chi connectivity index (χ2n) is 6.30. The Kier molecular flexibility index (Phi) is 4.38. The van der Waals surface area contributed by atoms with E-state index in [0.29, 0.717) is 11.6 Å². The number of aliphatic hydroxyl groups excluding tert-OH is 1. The Bertz CT molecular complexity index is 457. The summed E-state index contributed by atoms with van der Waals surface area (Å²) in [6, 6.07) is 3.87. The topological polar surface area (TPSA) is 71.6 Å². The van der Waals surface area contributed by atoms with Gasteiger partial charge in [0, 0.05) is 6.54 Å². The first-order chi connectivity index (χ1) is 9.40. The number of aliphatic hydroxyl groups is 1. The van der Waals surface area contributed by atoms with Crippen LogP contribution in [0.2, 0.25) is 0 Å². The molecule has 1 fully saturated rings. The number of aromatic nitrogens is 1. The molecule has 5 nitrogen and oxygen atoms in total. The van der Waals surface area contributed by atoms with E-state index in [9.17, 15) is 5.11 Å². The number of ether oxygens (including phenoxy) is 1. The molecule has 2 rings (SSSR count). The summed E-state index contributed by atoms with van der Waals surface area (Å²) in [5.74, 6) is 1.30. The van der Waals surface area contributed by atoms with Crippen LogP contribution < -0.4 is 15.4 Å². The molecule has 1 atom stereocenters. The summed E-state index contributed by atoms with van der Waals surface area (Å²) in [5, 5.41) is 9.51. The van der Waals surface area contributed by atoms with E-state index in [-0.39, 0.29) is 18.2 Å². The van der Waals surface area contributed by atoms with E-state index in [2.05, 4.69) is 9.88 Å². The van der Waals surface area contributed by atoms with Crippen molar-refractivity contribution < 1.29 is 9.84 Å². The molecule has 112 valence electrons. The fraction of sp³-hybridized carbons (Fsp3) is 0.667. The summed E-state index contributed by atoms with van der Waals surface area (Å²) in [6.45, 7) is 6.98. The highest BCUT2D eigenvalue weighted by atomic mass is 16.5. The van der Waals surface area contributed by atoms with Gasteiger partial charge in [-0.1, -0.05) is 0 Å². The predicted octanol–water partition coefficient (Wildman–Crippen LogP) is 2.19. The van der Waals surface area contributed by atoms with Crippen molar-refractivity contribution in [2.75, 3.05) is 23.8 Å². The smallest absolute Gasteiger partial charge is 0.239 e. The fourth-order valence-electron chi connectivity index (χ4n) is 2.47. The van der Waals surface area contributed by atoms with Gasteiger partial charge in [-0.2, -0.15) is 4.98 Å². The lowest BCUT2D eigenvalue weighted by molar-refractivity contribution is 0.125. The van der Waals surface area contributed by atoms with Gasteiger partial charge in [0.15, 0.2) is 0 Å². The van der Waals surface area contributed by atoms with Gasteiger partial charge >= 0.3 is 0 Å². The minimum Gasteiger partial charge on any atom is -0.470 e. The van der Waals surface area contributed by atoms with E-state index < -0.39 is 0 Å². The van der Waals surface area contributed by atoms with Gasteiger partial charge in [0.05, 0.1) is 18.3 Å². The molecule has 3 N–H and O–H groups in total. The lowest BCUT2D eigenvalue weighted by Gasteiger charge is -2.36. The van der Waals surface area contributed by atoms with Crippen LogP contribution in [0.5, 0.6) is 5.88 Å². The SMILES string of the molecule is CC(C)(C)Oc1nc(N2CCCCC2CO)ccc1N. The Morgan fingerprint density at radius 1 is 1.40 bits per heavy atom. The van der Waals surface area contributed by atoms with Crippen molar-refractivity contribution in [1.29, 1.82) is 0 Å². The van der Waals surface area contributed by atoms with Crippen molar-refractivity contribution in [3.8, 4) is 5.88 Å². The Labute approximate surface area is 120 Å². The molecule has 1 saturated heterocycles. The number of hydrogen-bond donors (Lipinski definition) is 2. The Morgan fingerprint density at radius 2 is 2.15 bits per heavy atom. The number of hydrogen-bond acceptors (Lipinski definition) is 5. The van der Waals surface area contributed by atoms with Crippen molar-refractivity contribution in [2.45, 2.75) is 51.7 Å². The quantitative estimate of drug-likeness (QED) is 0.887. The van der Waals surface area contributed by atoms with Crippen molar-refractivity contribution in [3.63, 3.8) is 0 Å². The molecule has 1 aromatic rings. The lowest BCUT2D eigenvalue weighted by atomic mass is 10.0. The number of nitrogens with zero attached hydrogens (tertiary/aromatic N) is 2. The van der Waals surface area contributed by atoms with Gasteiger partial charge in [-0.05, 0) is 52.2 Å². The third-order valence-electron chi connectivity index (χ3n) is 3.41. The van der Waals surface area contributed by atoms with Crippen LogP contribution in [0, 0.1) is 0 Å². The van der Waals surface area contributed by atoms with Crippen LogP contribution in [0.1, 0.15) is 40.0 Å². The highest BCUT2D eigenvalue weighted by molar-refractivity contribution is 5.55. The third kappa shape index (κ3) is 3.54. The van der Waals surface area contributed by atoms with E-state index >= 15 is 0 Å². The highest BCUT2D eigenvalue weighted by Crippen LogP contribution is 2.29. The molecule has 20 heavy (non-hydrogen) atoms. The zero-order valence-electron chi connectivity index (χ0n) is 12.6. The minimum absolute atomic E-state index is 0.141. The Morgan fingerprint density at radius 3 is 2.80 bits per heavy atom. The molecule has 5 heteroatoms. The molecule has 0 radical (unpaired) electrons. The maximum Gasteiger partial charge on any atom is 0.239 e. The van der Waals surface area contributed by atoms with Crippen molar-refractivity contribution >= 4 is 11.5 Å². The van der Waals surface area contributed by atoms with Gasteiger partial charge < -0.3 is 20.5 Å². The summed E-state index contributed by atoms with van der Waals surface area (Å²) in [5.41, 5.74) is 6.15. The summed E-state index contributed by atoms with van der Waals surface area (Å²) >= 11 is 0. The van der Waals surface area contributed by atoms with Crippen molar-refractivity contribution in [3.05, 3.63) is 12.1 Å². The van der Waals surface area contributed by atoms with Crippen LogP contribution >= 0.6 is 0 Å². The Hall–Kier alpha value is -1.49. The third-order valence-corrected chi connectivity index (χ3v) is 3.41. The van der Waals surface area contributed by atoms with Gasteiger partial charge in [0.1, 0.15) is 11.4 Å². The molecule has 0 amide bonds. The fourth-order valence-corrected chi connectivity index (χ4v) is 2.47. The predicted molar refractivity (Wildman–Crippen MR) is 81.1 cm³/mol. The first-order valence-corrected chi connectivity index (χ1v) is 7.24. The molecular weight excluding hydrogens is 254 g/mol. The molecule has 1 aliphatic rings. The molecule has 2 heterocycles.